The summed E-state index contributed by atoms with van der Waals surface area (Å²) in [5, 5.41) is 18.7. The molecule has 32 heavy (non-hydrogen) atoms. The second-order valence-corrected chi connectivity index (χ2v) is 7.79. The number of phenols is 1. The van der Waals surface area contributed by atoms with Crippen molar-refractivity contribution < 1.29 is 19.1 Å². The fourth-order valence-corrected chi connectivity index (χ4v) is 3.94. The maximum atomic E-state index is 13.1. The molecule has 0 bridgehead atoms. The van der Waals surface area contributed by atoms with Crippen LogP contribution < -0.4 is 4.74 Å². The van der Waals surface area contributed by atoms with Crippen LogP contribution in [0.3, 0.4) is 0 Å². The van der Waals surface area contributed by atoms with Crippen molar-refractivity contribution >= 4 is 35.1 Å². The second kappa shape index (κ2) is 10.0. The number of carbonyl (C=O) groups excluding carboxylic acids is 1. The minimum Gasteiger partial charge on any atom is -0.504 e. The molecule has 4 rings (SSSR count). The normalized spacial score (nSPS) is 16.5. The van der Waals surface area contributed by atoms with E-state index in [4.69, 9.17) is 9.15 Å². The van der Waals surface area contributed by atoms with Gasteiger partial charge in [0.1, 0.15) is 5.76 Å². The summed E-state index contributed by atoms with van der Waals surface area (Å²) in [5.41, 5.74) is 1.64. The van der Waals surface area contributed by atoms with Gasteiger partial charge in [0, 0.05) is 0 Å². The van der Waals surface area contributed by atoms with Crippen LogP contribution in [0.1, 0.15) is 23.8 Å². The van der Waals surface area contributed by atoms with Gasteiger partial charge in [-0.1, -0.05) is 30.3 Å². The van der Waals surface area contributed by atoms with E-state index in [-0.39, 0.29) is 18.2 Å². The summed E-state index contributed by atoms with van der Waals surface area (Å²) in [6.45, 7) is 2.54. The Morgan fingerprint density at radius 2 is 1.97 bits per heavy atom. The molecule has 0 radical (unpaired) electrons. The van der Waals surface area contributed by atoms with Gasteiger partial charge >= 0.3 is 0 Å². The predicted octanol–water partition coefficient (Wildman–Crippen LogP) is 4.89. The van der Waals surface area contributed by atoms with E-state index in [0.29, 0.717) is 33.8 Å². The number of aromatic hydroxyl groups is 1. The van der Waals surface area contributed by atoms with Gasteiger partial charge in [0.25, 0.3) is 5.91 Å². The van der Waals surface area contributed by atoms with E-state index in [1.807, 2.05) is 49.4 Å². The highest BCUT2D eigenvalue weighted by atomic mass is 32.2. The zero-order valence-corrected chi connectivity index (χ0v) is 18.2. The fraction of sp³-hybridized carbons (Fsp3) is 0.125. The smallest absolute Gasteiger partial charge is 0.267 e. The zero-order valence-electron chi connectivity index (χ0n) is 17.3. The van der Waals surface area contributed by atoms with Crippen LogP contribution in [-0.2, 0) is 11.3 Å². The Bertz CT molecular complexity index is 1170. The topological polar surface area (TPSA) is 87.6 Å². The lowest BCUT2D eigenvalue weighted by Crippen LogP contribution is -2.28. The molecule has 8 heteroatoms. The van der Waals surface area contributed by atoms with Crippen LogP contribution in [0, 0.1) is 0 Å². The third kappa shape index (κ3) is 5.09. The lowest BCUT2D eigenvalue weighted by molar-refractivity contribution is -0.122. The van der Waals surface area contributed by atoms with Crippen molar-refractivity contribution in [2.45, 2.75) is 13.5 Å². The van der Waals surface area contributed by atoms with Crippen LogP contribution in [0.5, 0.6) is 11.5 Å². The van der Waals surface area contributed by atoms with E-state index < -0.39 is 0 Å². The number of nitrogens with zero attached hydrogens (tertiary/aromatic N) is 3. The van der Waals surface area contributed by atoms with Crippen LogP contribution in [0.2, 0.25) is 0 Å². The average molecular weight is 448 g/mol. The van der Waals surface area contributed by atoms with Gasteiger partial charge in [0.15, 0.2) is 16.7 Å². The van der Waals surface area contributed by atoms with Crippen molar-refractivity contribution in [3.8, 4) is 11.5 Å². The Labute approximate surface area is 189 Å². The highest BCUT2D eigenvalue weighted by Crippen LogP contribution is 2.34. The molecule has 0 spiro atoms. The van der Waals surface area contributed by atoms with Crippen molar-refractivity contribution in [3.63, 3.8) is 0 Å². The van der Waals surface area contributed by atoms with Gasteiger partial charge in [-0.3, -0.25) is 9.69 Å². The van der Waals surface area contributed by atoms with E-state index in [1.165, 1.54) is 22.7 Å². The molecule has 0 aliphatic carbocycles. The number of carbonyl (C=O) groups is 1. The number of hydrogen-bond acceptors (Lipinski definition) is 7. The van der Waals surface area contributed by atoms with Crippen LogP contribution in [0.4, 0.5) is 0 Å². The number of phenolic OH excluding ortho intramolecular Hbond substituents is 1. The first-order valence-corrected chi connectivity index (χ1v) is 10.8. The standard InChI is InChI=1S/C24H21N3O4S/c1-2-30-21-13-18(10-11-20(21)28)15-25-26-24-27(16-19-9-6-12-31-19)23(29)22(32-24)14-17-7-4-3-5-8-17/h3-15,28H,2,16H2,1H3/b22-14-,25-15+,26-24-. The number of furan rings is 1. The molecule has 1 aliphatic rings. The zero-order chi connectivity index (χ0) is 22.3. The Balaban J connectivity index is 1.60. The maximum absolute atomic E-state index is 13.1. The number of hydrogen-bond donors (Lipinski definition) is 1. The Morgan fingerprint density at radius 3 is 2.72 bits per heavy atom. The van der Waals surface area contributed by atoms with Gasteiger partial charge in [-0.25, -0.2) is 0 Å². The van der Waals surface area contributed by atoms with Gasteiger partial charge in [0.2, 0.25) is 0 Å². The Kier molecular flexibility index (Phi) is 6.72. The summed E-state index contributed by atoms with van der Waals surface area (Å²) in [6, 6.07) is 18.1. The van der Waals surface area contributed by atoms with Gasteiger partial charge < -0.3 is 14.3 Å². The fourth-order valence-electron chi connectivity index (χ4n) is 3.01. The Hall–Kier alpha value is -3.78. The van der Waals surface area contributed by atoms with Crippen LogP contribution in [0.15, 0.2) is 86.5 Å². The van der Waals surface area contributed by atoms with Gasteiger partial charge in [0.05, 0.1) is 30.5 Å². The molecule has 1 aliphatic heterocycles. The molecule has 1 aromatic heterocycles. The molecule has 7 nitrogen and oxygen atoms in total. The van der Waals surface area contributed by atoms with E-state index in [9.17, 15) is 9.90 Å². The average Bonchev–Trinajstić information content (AvgIpc) is 3.41. The van der Waals surface area contributed by atoms with Crippen LogP contribution in [-0.4, -0.2) is 33.9 Å². The SMILES string of the molecule is CCOc1cc(/C=N/N=C2\S/C(=C\c3ccccc3)C(=O)N2Cc2ccco2)ccc1O. The molecule has 1 saturated heterocycles. The summed E-state index contributed by atoms with van der Waals surface area (Å²) < 4.78 is 10.8. The highest BCUT2D eigenvalue weighted by Gasteiger charge is 2.34. The predicted molar refractivity (Wildman–Crippen MR) is 126 cm³/mol. The molecule has 162 valence electrons. The maximum Gasteiger partial charge on any atom is 0.267 e. The number of amidine groups is 1. The first-order chi connectivity index (χ1) is 15.6. The highest BCUT2D eigenvalue weighted by molar-refractivity contribution is 8.18. The monoisotopic (exact) mass is 447 g/mol. The first kappa shape index (κ1) is 21.5. The quantitative estimate of drug-likeness (QED) is 0.317. The van der Waals surface area contributed by atoms with Crippen molar-refractivity contribution in [2.75, 3.05) is 6.61 Å². The number of ether oxygens (including phenoxy) is 1. The number of rotatable bonds is 7. The summed E-state index contributed by atoms with van der Waals surface area (Å²) in [7, 11) is 0. The lowest BCUT2D eigenvalue weighted by Gasteiger charge is -2.12. The Morgan fingerprint density at radius 1 is 1.12 bits per heavy atom. The van der Waals surface area contributed by atoms with Gasteiger partial charge in [-0.05, 0) is 66.2 Å². The number of benzene rings is 2. The molecule has 0 saturated carbocycles. The number of thioether (sulfide) groups is 1. The molecule has 1 fully saturated rings. The van der Waals surface area contributed by atoms with E-state index >= 15 is 0 Å². The number of amides is 1. The molecule has 1 amide bonds. The van der Waals surface area contributed by atoms with Crippen molar-refractivity contribution in [2.24, 2.45) is 10.2 Å². The molecule has 0 atom stereocenters. The van der Waals surface area contributed by atoms with Crippen molar-refractivity contribution in [1.29, 1.82) is 0 Å². The molecule has 1 N–H and O–H groups in total. The van der Waals surface area contributed by atoms with E-state index in [0.717, 1.165) is 5.56 Å². The van der Waals surface area contributed by atoms with Crippen molar-refractivity contribution in [1.82, 2.24) is 4.90 Å². The minimum atomic E-state index is -0.160. The molecule has 3 aromatic rings. The molecule has 2 aromatic carbocycles. The van der Waals surface area contributed by atoms with Gasteiger partial charge in [-0.15, -0.1) is 5.10 Å². The molecule has 0 unspecified atom stereocenters. The molecule has 2 heterocycles. The van der Waals surface area contributed by atoms with Crippen molar-refractivity contribution in [3.05, 3.63) is 88.7 Å². The summed E-state index contributed by atoms with van der Waals surface area (Å²) >= 11 is 1.26. The van der Waals surface area contributed by atoms with Crippen LogP contribution in [0.25, 0.3) is 6.08 Å². The minimum absolute atomic E-state index is 0.0626. The lowest BCUT2D eigenvalue weighted by atomic mass is 10.2. The third-order valence-electron chi connectivity index (χ3n) is 4.51. The van der Waals surface area contributed by atoms with E-state index in [2.05, 4.69) is 10.2 Å². The van der Waals surface area contributed by atoms with Crippen LogP contribution >= 0.6 is 11.8 Å². The molecular formula is C24H21N3O4S. The first-order valence-electron chi connectivity index (χ1n) is 9.99. The van der Waals surface area contributed by atoms with Gasteiger partial charge in [-0.2, -0.15) is 5.10 Å². The van der Waals surface area contributed by atoms with E-state index in [1.54, 1.807) is 30.7 Å². The largest absolute Gasteiger partial charge is 0.504 e. The summed E-state index contributed by atoms with van der Waals surface area (Å²) in [5.74, 6) is 0.929. The summed E-state index contributed by atoms with van der Waals surface area (Å²) in [6.07, 6.45) is 4.95. The second-order valence-electron chi connectivity index (χ2n) is 6.78. The summed E-state index contributed by atoms with van der Waals surface area (Å²) in [4.78, 5) is 15.1. The third-order valence-corrected chi connectivity index (χ3v) is 5.51. The molecular weight excluding hydrogens is 426 g/mol.